The van der Waals surface area contributed by atoms with Crippen molar-refractivity contribution in [3.8, 4) is 67.5 Å². The summed E-state index contributed by atoms with van der Waals surface area (Å²) in [5.41, 5.74) is 8.82. The largest absolute Gasteiger partial charge is 0.507 e. The van der Waals surface area contributed by atoms with Gasteiger partial charge in [-0.1, -0.05) is 161 Å². The Kier molecular flexibility index (Phi) is 8.09. The Morgan fingerprint density at radius 2 is 1.32 bits per heavy atom. The molecule has 8 aromatic rings. The highest BCUT2D eigenvalue weighted by Crippen LogP contribution is 2.45. The van der Waals surface area contributed by atoms with Crippen molar-refractivity contribution in [3.05, 3.63) is 167 Å². The third-order valence-electron chi connectivity index (χ3n) is 11.7. The predicted octanol–water partition coefficient (Wildman–Crippen LogP) is 15.8. The third-order valence-corrected chi connectivity index (χ3v) is 11.7. The van der Waals surface area contributed by atoms with Crippen molar-refractivity contribution >= 4 is 11.0 Å². The van der Waals surface area contributed by atoms with Crippen molar-refractivity contribution in [2.75, 3.05) is 0 Å². The molecule has 0 fully saturated rings. The molecule has 2 heterocycles. The van der Waals surface area contributed by atoms with E-state index in [0.717, 1.165) is 61.3 Å². The fourth-order valence-corrected chi connectivity index (χ4v) is 8.21. The second-order valence-electron chi connectivity index (χ2n) is 18.8. The maximum absolute atomic E-state index is 12.3. The van der Waals surface area contributed by atoms with Gasteiger partial charge in [0.1, 0.15) is 11.6 Å². The van der Waals surface area contributed by atoms with E-state index in [-0.39, 0.29) is 22.1 Å². The minimum absolute atomic E-state index is 0.153. The first-order valence-electron chi connectivity index (χ1n) is 26.1. The zero-order valence-corrected chi connectivity index (χ0v) is 37.1. The van der Waals surface area contributed by atoms with Crippen LogP contribution in [-0.2, 0) is 16.2 Å². The van der Waals surface area contributed by atoms with E-state index in [4.69, 9.17) is 23.7 Å². The highest BCUT2D eigenvalue weighted by Gasteiger charge is 2.27. The Balaban J connectivity index is 1.35. The number of fused-ring (bicyclic) bond motifs is 1. The topological polar surface area (TPSA) is 50.9 Å². The molecule has 62 heavy (non-hydrogen) atoms. The smallest absolute Gasteiger partial charge is 0.149 e. The van der Waals surface area contributed by atoms with Crippen LogP contribution in [-0.4, -0.2) is 19.6 Å². The van der Waals surface area contributed by atoms with Crippen molar-refractivity contribution in [1.82, 2.24) is 14.5 Å². The quantitative estimate of drug-likeness (QED) is 0.174. The van der Waals surface area contributed by atoms with E-state index >= 15 is 0 Å². The molecule has 4 heteroatoms. The lowest BCUT2D eigenvalue weighted by atomic mass is 9.83. The normalized spacial score (nSPS) is 15.6. The van der Waals surface area contributed by atoms with Crippen molar-refractivity contribution in [2.45, 2.75) is 105 Å². The third kappa shape index (κ3) is 8.23. The van der Waals surface area contributed by atoms with Gasteiger partial charge in [0.25, 0.3) is 0 Å². The number of aromatic hydroxyl groups is 1. The average Bonchev–Trinajstić information content (AvgIpc) is 3.67. The van der Waals surface area contributed by atoms with E-state index in [1.807, 2.05) is 75.4 Å². The van der Waals surface area contributed by atoms with Gasteiger partial charge >= 0.3 is 0 Å². The number of rotatable bonds is 7. The Morgan fingerprint density at radius 3 is 2.00 bits per heavy atom. The van der Waals surface area contributed by atoms with E-state index in [1.54, 1.807) is 24.4 Å². The first-order chi connectivity index (χ1) is 33.3. The lowest BCUT2D eigenvalue weighted by molar-refractivity contribution is 0.448. The molecule has 0 aliphatic rings. The van der Waals surface area contributed by atoms with Crippen LogP contribution in [0.2, 0.25) is 0 Å². The molecule has 0 bridgehead atoms. The standard InChI is InChI=1S/C58H61N3O/c1-36(2)40-23-26-51(47(34-40)39-17-14-13-15-18-39)61-52-20-16-19-46(53(52)60-55(61)48-29-37(3)30-49(54(48)62)58(10,11)12)42-31-43(33-45(32-42)57(7,8)9)50-35-41(27-28-59-50)38-21-24-44(25-22-38)56(4,5)6/h13-36,62H,1-12H3/i4D3,5D3,6D3,36D. The molecule has 8 rings (SSSR count). The SMILES string of the molecule is [2H]C(C)(C)c1ccc(-n2c(-c3cc(C)cc(C(C)(C)C)c3O)nc3c(-c4cc(-c5cc(-c6ccc(C(C([2H])([2H])[2H])(C([2H])([2H])[2H])C([2H])([2H])[2H])cc6)ccn5)cc(C(C)(C)C)c4)cccc32)c(-c2ccccc2)c1. The monoisotopic (exact) mass is 826 g/mol. The van der Waals surface area contributed by atoms with Gasteiger partial charge < -0.3 is 5.11 Å². The first kappa shape index (κ1) is 31.6. The maximum Gasteiger partial charge on any atom is 0.149 e. The average molecular weight is 826 g/mol. The number of benzene rings is 6. The van der Waals surface area contributed by atoms with Gasteiger partial charge in [0.15, 0.2) is 0 Å². The number of phenolic OH excluding ortho intramolecular Hbond substituents is 1. The molecule has 0 saturated heterocycles. The van der Waals surface area contributed by atoms with E-state index < -0.39 is 31.9 Å². The van der Waals surface area contributed by atoms with Crippen LogP contribution >= 0.6 is 0 Å². The molecule has 0 amide bonds. The first-order valence-corrected chi connectivity index (χ1v) is 21.1. The van der Waals surface area contributed by atoms with Crippen LogP contribution in [0.5, 0.6) is 5.75 Å². The number of aromatic nitrogens is 3. The number of aryl methyl sites for hydroxylation is 1. The number of para-hydroxylation sites is 1. The van der Waals surface area contributed by atoms with Crippen molar-refractivity contribution < 1.29 is 18.8 Å². The summed E-state index contributed by atoms with van der Waals surface area (Å²) in [5, 5.41) is 12.3. The van der Waals surface area contributed by atoms with Crippen LogP contribution in [0, 0.1) is 6.92 Å². The number of phenols is 1. The van der Waals surface area contributed by atoms with Crippen molar-refractivity contribution in [2.24, 2.45) is 0 Å². The molecule has 0 unspecified atom stereocenters. The minimum atomic E-state index is -3.37. The van der Waals surface area contributed by atoms with E-state index in [2.05, 4.69) is 94.6 Å². The van der Waals surface area contributed by atoms with Crippen LogP contribution in [0.3, 0.4) is 0 Å². The van der Waals surface area contributed by atoms with Gasteiger partial charge in [0.2, 0.25) is 0 Å². The Morgan fingerprint density at radius 1 is 0.597 bits per heavy atom. The van der Waals surface area contributed by atoms with Crippen LogP contribution < -0.4 is 0 Å². The van der Waals surface area contributed by atoms with Gasteiger partial charge in [-0.15, -0.1) is 0 Å². The van der Waals surface area contributed by atoms with E-state index in [1.165, 1.54) is 12.1 Å². The molecule has 0 atom stereocenters. The number of imidazole rings is 1. The predicted molar refractivity (Wildman–Crippen MR) is 263 cm³/mol. The number of pyridine rings is 1. The lowest BCUT2D eigenvalue weighted by Crippen LogP contribution is -2.12. The highest BCUT2D eigenvalue weighted by atomic mass is 16.3. The minimum Gasteiger partial charge on any atom is -0.507 e. The molecule has 0 spiro atoms. The fraction of sp³-hybridized carbons (Fsp3) is 0.276. The van der Waals surface area contributed by atoms with Crippen LogP contribution in [0.4, 0.5) is 0 Å². The molecule has 1 N–H and O–H groups in total. The second kappa shape index (κ2) is 15.9. The Labute approximate surface area is 383 Å². The number of hydrogen-bond acceptors (Lipinski definition) is 3. The molecule has 0 aliphatic carbocycles. The zero-order chi connectivity index (χ0) is 52.7. The van der Waals surface area contributed by atoms with Gasteiger partial charge in [0.05, 0.1) is 28.0 Å². The van der Waals surface area contributed by atoms with Gasteiger partial charge in [0, 0.05) is 42.2 Å². The molecule has 0 aliphatic heterocycles. The molecular formula is C58H61N3O. The van der Waals surface area contributed by atoms with Gasteiger partial charge in [-0.2, -0.15) is 0 Å². The lowest BCUT2D eigenvalue weighted by Gasteiger charge is -2.23. The summed E-state index contributed by atoms with van der Waals surface area (Å²) in [6, 6.07) is 42.1. The summed E-state index contributed by atoms with van der Waals surface area (Å²) < 4.78 is 84.9. The highest BCUT2D eigenvalue weighted by molar-refractivity contribution is 5.98. The summed E-state index contributed by atoms with van der Waals surface area (Å²) in [6.45, 7) is 8.36. The summed E-state index contributed by atoms with van der Waals surface area (Å²) >= 11 is 0. The molecule has 6 aromatic carbocycles. The molecule has 2 aromatic heterocycles. The fourth-order valence-electron chi connectivity index (χ4n) is 8.21. The molecule has 314 valence electrons. The van der Waals surface area contributed by atoms with Gasteiger partial charge in [-0.05, 0) is 122 Å². The zero-order valence-electron chi connectivity index (χ0n) is 47.1. The summed E-state index contributed by atoms with van der Waals surface area (Å²) in [7, 11) is 0. The number of hydrogen-bond donors (Lipinski definition) is 1. The van der Waals surface area contributed by atoms with Crippen molar-refractivity contribution in [1.29, 1.82) is 0 Å². The Hall–Kier alpha value is -6.26. The summed E-state index contributed by atoms with van der Waals surface area (Å²) in [6.07, 6.45) is 1.67. The second-order valence-corrected chi connectivity index (χ2v) is 18.8. The van der Waals surface area contributed by atoms with E-state index in [9.17, 15) is 5.11 Å². The van der Waals surface area contributed by atoms with Crippen LogP contribution in [0.1, 0.15) is 123 Å². The Bertz CT molecular complexity index is 3290. The van der Waals surface area contributed by atoms with Crippen LogP contribution in [0.25, 0.3) is 72.7 Å². The molecule has 4 nitrogen and oxygen atoms in total. The molecular weight excluding hydrogens is 755 g/mol. The summed E-state index contributed by atoms with van der Waals surface area (Å²) in [4.78, 5) is 10.4. The van der Waals surface area contributed by atoms with Gasteiger partial charge in [-0.3, -0.25) is 9.55 Å². The molecule has 0 radical (unpaired) electrons. The summed E-state index contributed by atoms with van der Waals surface area (Å²) in [5.74, 6) is -0.169. The van der Waals surface area contributed by atoms with Gasteiger partial charge in [-0.25, -0.2) is 4.98 Å². The van der Waals surface area contributed by atoms with Crippen molar-refractivity contribution in [3.63, 3.8) is 0 Å². The van der Waals surface area contributed by atoms with E-state index in [0.29, 0.717) is 33.7 Å². The maximum atomic E-state index is 12.3. The molecule has 0 saturated carbocycles. The number of nitrogens with zero attached hydrogens (tertiary/aromatic N) is 3. The van der Waals surface area contributed by atoms with Crippen LogP contribution in [0.15, 0.2) is 140 Å².